The number of hydrogen-bond donors (Lipinski definition) is 1. The molecule has 1 fully saturated rings. The van der Waals surface area contributed by atoms with E-state index in [-0.39, 0.29) is 50.0 Å². The summed E-state index contributed by atoms with van der Waals surface area (Å²) in [5.74, 6) is -1.66. The lowest BCUT2D eigenvalue weighted by atomic mass is 10.2. The lowest BCUT2D eigenvalue weighted by Gasteiger charge is -2.33. The fourth-order valence-corrected chi connectivity index (χ4v) is 4.01. The SMILES string of the molecule is CCCCOC(=O)CN1CCN(CC(=O)O)CCN(CC(=O)OCC(C)C)CCN(CC(=O)OCCCC)CC1. The molecule has 0 aromatic rings. The van der Waals surface area contributed by atoms with Gasteiger partial charge in [-0.3, -0.25) is 38.8 Å². The van der Waals surface area contributed by atoms with Gasteiger partial charge in [0, 0.05) is 52.4 Å². The Kier molecular flexibility index (Phi) is 19.2. The molecule has 12 nitrogen and oxygen atoms in total. The number of esters is 3. The van der Waals surface area contributed by atoms with Crippen LogP contribution in [0.3, 0.4) is 0 Å². The van der Waals surface area contributed by atoms with Crippen molar-refractivity contribution < 1.29 is 38.5 Å². The van der Waals surface area contributed by atoms with Crippen LogP contribution in [0.4, 0.5) is 0 Å². The van der Waals surface area contributed by atoms with E-state index in [9.17, 15) is 24.3 Å². The summed E-state index contributed by atoms with van der Waals surface area (Å²) >= 11 is 0. The molecular formula is C28H52N4O8. The number of ether oxygens (including phenoxy) is 3. The molecule has 0 saturated carbocycles. The van der Waals surface area contributed by atoms with Crippen LogP contribution in [0.25, 0.3) is 0 Å². The van der Waals surface area contributed by atoms with Crippen LogP contribution in [0.2, 0.25) is 0 Å². The fourth-order valence-electron chi connectivity index (χ4n) is 4.01. The minimum atomic E-state index is -0.937. The van der Waals surface area contributed by atoms with E-state index in [1.54, 1.807) is 0 Å². The molecule has 0 unspecified atom stereocenters. The van der Waals surface area contributed by atoms with Crippen LogP contribution in [0.1, 0.15) is 53.4 Å². The minimum Gasteiger partial charge on any atom is -0.480 e. The summed E-state index contributed by atoms with van der Waals surface area (Å²) in [6.45, 7) is 13.0. The predicted molar refractivity (Wildman–Crippen MR) is 151 cm³/mol. The van der Waals surface area contributed by atoms with Crippen molar-refractivity contribution in [1.82, 2.24) is 19.6 Å². The summed E-state index contributed by atoms with van der Waals surface area (Å²) < 4.78 is 16.1. The van der Waals surface area contributed by atoms with Gasteiger partial charge in [-0.05, 0) is 18.8 Å². The lowest BCUT2D eigenvalue weighted by Crippen LogP contribution is -2.49. The van der Waals surface area contributed by atoms with Crippen molar-refractivity contribution in [2.24, 2.45) is 5.92 Å². The summed E-state index contributed by atoms with van der Waals surface area (Å²) in [5.41, 5.74) is 0. The van der Waals surface area contributed by atoms with Crippen LogP contribution < -0.4 is 0 Å². The van der Waals surface area contributed by atoms with Crippen molar-refractivity contribution in [2.75, 3.05) is 98.4 Å². The number of rotatable bonds is 16. The van der Waals surface area contributed by atoms with Crippen LogP contribution in [0.15, 0.2) is 0 Å². The third-order valence-electron chi connectivity index (χ3n) is 6.45. The Morgan fingerprint density at radius 3 is 1.23 bits per heavy atom. The van der Waals surface area contributed by atoms with E-state index >= 15 is 0 Å². The number of carboxylic acid groups (broad SMARTS) is 1. The van der Waals surface area contributed by atoms with E-state index in [2.05, 4.69) is 0 Å². The standard InChI is InChI=1S/C28H52N4O8/c1-5-7-17-38-26(35)20-30-11-9-29(19-25(33)34)10-12-32(22-28(37)40-23-24(3)4)16-15-31(14-13-30)21-27(36)39-18-8-6-2/h24H,5-23H2,1-4H3,(H,33,34). The maximum Gasteiger partial charge on any atom is 0.320 e. The molecule has 0 amide bonds. The van der Waals surface area contributed by atoms with E-state index < -0.39 is 5.97 Å². The zero-order valence-corrected chi connectivity index (χ0v) is 25.1. The molecule has 0 spiro atoms. The normalized spacial score (nSPS) is 17.1. The summed E-state index contributed by atoms with van der Waals surface area (Å²) in [6, 6.07) is 0. The Labute approximate surface area is 239 Å². The molecular weight excluding hydrogens is 520 g/mol. The highest BCUT2D eigenvalue weighted by molar-refractivity contribution is 5.72. The number of nitrogens with zero attached hydrogens (tertiary/aromatic N) is 4. The molecule has 0 radical (unpaired) electrons. The first-order chi connectivity index (χ1) is 19.1. The van der Waals surface area contributed by atoms with Gasteiger partial charge in [0.15, 0.2) is 0 Å². The Balaban J connectivity index is 2.99. The molecule has 12 heteroatoms. The summed E-state index contributed by atoms with van der Waals surface area (Å²) in [7, 11) is 0. The van der Waals surface area contributed by atoms with E-state index in [0.29, 0.717) is 72.2 Å². The second kappa shape index (κ2) is 21.5. The number of carbonyl (C=O) groups is 4. The maximum absolute atomic E-state index is 12.5. The van der Waals surface area contributed by atoms with Crippen molar-refractivity contribution in [3.05, 3.63) is 0 Å². The van der Waals surface area contributed by atoms with Gasteiger partial charge in [0.2, 0.25) is 0 Å². The zero-order chi connectivity index (χ0) is 29.8. The monoisotopic (exact) mass is 572 g/mol. The van der Waals surface area contributed by atoms with Crippen LogP contribution >= 0.6 is 0 Å². The first-order valence-corrected chi connectivity index (χ1v) is 14.7. The predicted octanol–water partition coefficient (Wildman–Crippen LogP) is 1.18. The third-order valence-corrected chi connectivity index (χ3v) is 6.45. The average molecular weight is 573 g/mol. The van der Waals surface area contributed by atoms with Crippen molar-refractivity contribution in [1.29, 1.82) is 0 Å². The van der Waals surface area contributed by atoms with E-state index in [1.165, 1.54) is 0 Å². The van der Waals surface area contributed by atoms with Crippen LogP contribution in [0.5, 0.6) is 0 Å². The highest BCUT2D eigenvalue weighted by atomic mass is 16.5. The van der Waals surface area contributed by atoms with Crippen molar-refractivity contribution >= 4 is 23.9 Å². The summed E-state index contributed by atoms with van der Waals surface area (Å²) in [4.78, 5) is 56.7. The van der Waals surface area contributed by atoms with Gasteiger partial charge in [-0.25, -0.2) is 0 Å². The highest BCUT2D eigenvalue weighted by Gasteiger charge is 2.22. The number of unbranched alkanes of at least 4 members (excludes halogenated alkanes) is 2. The summed E-state index contributed by atoms with van der Waals surface area (Å²) in [6.07, 6.45) is 3.46. The Morgan fingerprint density at radius 2 is 0.925 bits per heavy atom. The smallest absolute Gasteiger partial charge is 0.320 e. The van der Waals surface area contributed by atoms with Gasteiger partial charge < -0.3 is 19.3 Å². The zero-order valence-electron chi connectivity index (χ0n) is 25.1. The molecule has 0 aromatic heterocycles. The molecule has 1 heterocycles. The van der Waals surface area contributed by atoms with Crippen molar-refractivity contribution in [2.45, 2.75) is 53.4 Å². The van der Waals surface area contributed by atoms with Gasteiger partial charge in [-0.1, -0.05) is 40.5 Å². The van der Waals surface area contributed by atoms with Gasteiger partial charge in [-0.2, -0.15) is 0 Å². The maximum atomic E-state index is 12.5. The molecule has 1 N–H and O–H groups in total. The highest BCUT2D eigenvalue weighted by Crippen LogP contribution is 2.04. The third kappa shape index (κ3) is 18.1. The van der Waals surface area contributed by atoms with Gasteiger partial charge in [0.05, 0.1) is 46.0 Å². The summed E-state index contributed by atoms with van der Waals surface area (Å²) in [5, 5.41) is 9.45. The van der Waals surface area contributed by atoms with Gasteiger partial charge in [-0.15, -0.1) is 0 Å². The first kappa shape index (κ1) is 35.7. The largest absolute Gasteiger partial charge is 0.480 e. The molecule has 0 atom stereocenters. The van der Waals surface area contributed by atoms with Gasteiger partial charge in [0.25, 0.3) is 0 Å². The topological polar surface area (TPSA) is 129 Å². The second-order valence-electron chi connectivity index (χ2n) is 10.7. The molecule has 232 valence electrons. The Hall–Kier alpha value is -2.28. The Bertz CT molecular complexity index is 752. The van der Waals surface area contributed by atoms with E-state index in [1.807, 2.05) is 47.3 Å². The molecule has 1 aliphatic rings. The molecule has 0 aromatic carbocycles. The number of carboxylic acids is 1. The minimum absolute atomic E-state index is 0.0815. The van der Waals surface area contributed by atoms with E-state index in [0.717, 1.165) is 25.7 Å². The molecule has 1 rings (SSSR count). The lowest BCUT2D eigenvalue weighted by molar-refractivity contribution is -0.147. The molecule has 0 bridgehead atoms. The number of hydrogen-bond acceptors (Lipinski definition) is 11. The van der Waals surface area contributed by atoms with Crippen LogP contribution in [-0.2, 0) is 33.4 Å². The average Bonchev–Trinajstić information content (AvgIpc) is 2.88. The molecule has 0 aliphatic carbocycles. The van der Waals surface area contributed by atoms with Crippen LogP contribution in [0, 0.1) is 5.92 Å². The number of aliphatic carboxylic acids is 1. The number of carbonyl (C=O) groups excluding carboxylic acids is 3. The fraction of sp³-hybridized carbons (Fsp3) is 0.857. The second-order valence-corrected chi connectivity index (χ2v) is 10.7. The van der Waals surface area contributed by atoms with Crippen LogP contribution in [-0.4, -0.2) is 147 Å². The van der Waals surface area contributed by atoms with E-state index in [4.69, 9.17) is 14.2 Å². The van der Waals surface area contributed by atoms with Gasteiger partial charge >= 0.3 is 23.9 Å². The van der Waals surface area contributed by atoms with Crippen molar-refractivity contribution in [3.8, 4) is 0 Å². The molecule has 1 saturated heterocycles. The van der Waals surface area contributed by atoms with Crippen molar-refractivity contribution in [3.63, 3.8) is 0 Å². The first-order valence-electron chi connectivity index (χ1n) is 14.7. The molecule has 1 aliphatic heterocycles. The van der Waals surface area contributed by atoms with Gasteiger partial charge in [0.1, 0.15) is 0 Å². The molecule has 40 heavy (non-hydrogen) atoms. The quantitative estimate of drug-likeness (QED) is 0.162. The Morgan fingerprint density at radius 1 is 0.600 bits per heavy atom.